The maximum Gasteiger partial charge on any atom is 0.0634 e. The van der Waals surface area contributed by atoms with Crippen molar-refractivity contribution in [3.63, 3.8) is 0 Å². The van der Waals surface area contributed by atoms with Gasteiger partial charge in [0, 0.05) is 25.5 Å². The van der Waals surface area contributed by atoms with E-state index < -0.39 is 0 Å². The largest absolute Gasteiger partial charge is 0.393 e. The van der Waals surface area contributed by atoms with Crippen LogP contribution >= 0.6 is 11.6 Å². The number of halogens is 1. The lowest BCUT2D eigenvalue weighted by Gasteiger charge is -2.17. The molecule has 0 aromatic carbocycles. The highest BCUT2D eigenvalue weighted by Crippen LogP contribution is 2.15. The molecular formula is C11H17ClN2O. The fraction of sp³-hybridized carbons (Fsp3) is 0.545. The standard InChI is InChI=1S/C11H17ClN2O/c1-9(15)4-6-14(2)8-10-3-5-13-7-11(10)12/h3,5,7,9,15H,4,6,8H2,1-2H3. The summed E-state index contributed by atoms with van der Waals surface area (Å²) in [6.45, 7) is 3.44. The number of nitrogens with zero attached hydrogens (tertiary/aromatic N) is 2. The summed E-state index contributed by atoms with van der Waals surface area (Å²) < 4.78 is 0. The van der Waals surface area contributed by atoms with Gasteiger partial charge >= 0.3 is 0 Å². The van der Waals surface area contributed by atoms with E-state index in [1.54, 1.807) is 19.3 Å². The van der Waals surface area contributed by atoms with Crippen LogP contribution in [0.15, 0.2) is 18.5 Å². The summed E-state index contributed by atoms with van der Waals surface area (Å²) in [5.41, 5.74) is 1.07. The average Bonchev–Trinajstić information content (AvgIpc) is 2.18. The molecule has 0 radical (unpaired) electrons. The van der Waals surface area contributed by atoms with Gasteiger partial charge < -0.3 is 10.0 Å². The highest BCUT2D eigenvalue weighted by atomic mass is 35.5. The SMILES string of the molecule is CC(O)CCN(C)Cc1ccncc1Cl. The van der Waals surface area contributed by atoms with Gasteiger partial charge in [-0.15, -0.1) is 0 Å². The Bertz CT molecular complexity index is 304. The van der Waals surface area contributed by atoms with Gasteiger partial charge in [0.05, 0.1) is 11.1 Å². The lowest BCUT2D eigenvalue weighted by atomic mass is 10.2. The van der Waals surface area contributed by atoms with Gasteiger partial charge in [-0.1, -0.05) is 11.6 Å². The van der Waals surface area contributed by atoms with Gasteiger partial charge in [0.2, 0.25) is 0 Å². The summed E-state index contributed by atoms with van der Waals surface area (Å²) in [4.78, 5) is 6.07. The van der Waals surface area contributed by atoms with Crippen molar-refractivity contribution in [3.05, 3.63) is 29.0 Å². The van der Waals surface area contributed by atoms with Gasteiger partial charge in [-0.05, 0) is 32.0 Å². The van der Waals surface area contributed by atoms with Crippen LogP contribution in [0.1, 0.15) is 18.9 Å². The third kappa shape index (κ3) is 4.60. The predicted molar refractivity (Wildman–Crippen MR) is 61.9 cm³/mol. The molecule has 0 saturated carbocycles. The van der Waals surface area contributed by atoms with Gasteiger partial charge in [0.1, 0.15) is 0 Å². The number of hydrogen-bond acceptors (Lipinski definition) is 3. The Morgan fingerprint density at radius 1 is 1.60 bits per heavy atom. The highest BCUT2D eigenvalue weighted by Gasteiger charge is 2.05. The fourth-order valence-electron chi connectivity index (χ4n) is 1.31. The molecular weight excluding hydrogens is 212 g/mol. The summed E-state index contributed by atoms with van der Waals surface area (Å²) in [7, 11) is 2.01. The van der Waals surface area contributed by atoms with Crippen LogP contribution in [0, 0.1) is 0 Å². The second kappa shape index (κ2) is 6.05. The van der Waals surface area contributed by atoms with Crippen molar-refractivity contribution < 1.29 is 5.11 Å². The van der Waals surface area contributed by atoms with Crippen LogP contribution in [0.3, 0.4) is 0 Å². The van der Waals surface area contributed by atoms with E-state index in [2.05, 4.69) is 9.88 Å². The Kier molecular flexibility index (Phi) is 5.02. The molecule has 0 fully saturated rings. The minimum Gasteiger partial charge on any atom is -0.393 e. The summed E-state index contributed by atoms with van der Waals surface area (Å²) in [5, 5.41) is 9.85. The van der Waals surface area contributed by atoms with Crippen molar-refractivity contribution in [1.82, 2.24) is 9.88 Å². The Balaban J connectivity index is 2.44. The summed E-state index contributed by atoms with van der Waals surface area (Å²) in [5.74, 6) is 0. The number of aliphatic hydroxyl groups is 1. The molecule has 1 aromatic rings. The molecule has 0 aliphatic carbocycles. The van der Waals surface area contributed by atoms with E-state index >= 15 is 0 Å². The zero-order valence-electron chi connectivity index (χ0n) is 9.15. The molecule has 1 heterocycles. The predicted octanol–water partition coefficient (Wildman–Crippen LogP) is 1.94. The first kappa shape index (κ1) is 12.4. The van der Waals surface area contributed by atoms with Gasteiger partial charge in [-0.3, -0.25) is 4.98 Å². The van der Waals surface area contributed by atoms with E-state index in [0.717, 1.165) is 25.1 Å². The number of aliphatic hydroxyl groups excluding tert-OH is 1. The quantitative estimate of drug-likeness (QED) is 0.837. The Hall–Kier alpha value is -0.640. The molecule has 3 nitrogen and oxygen atoms in total. The van der Waals surface area contributed by atoms with Gasteiger partial charge in [0.15, 0.2) is 0 Å². The van der Waals surface area contributed by atoms with Gasteiger partial charge in [-0.25, -0.2) is 0 Å². The van der Waals surface area contributed by atoms with E-state index in [-0.39, 0.29) is 6.10 Å². The van der Waals surface area contributed by atoms with Gasteiger partial charge in [-0.2, -0.15) is 0 Å². The second-order valence-electron chi connectivity index (χ2n) is 3.84. The monoisotopic (exact) mass is 228 g/mol. The van der Waals surface area contributed by atoms with Crippen molar-refractivity contribution in [2.75, 3.05) is 13.6 Å². The van der Waals surface area contributed by atoms with E-state index in [1.807, 2.05) is 13.1 Å². The molecule has 15 heavy (non-hydrogen) atoms. The number of hydrogen-bond donors (Lipinski definition) is 1. The first-order valence-electron chi connectivity index (χ1n) is 5.04. The first-order chi connectivity index (χ1) is 7.09. The third-order valence-corrected chi connectivity index (χ3v) is 2.57. The van der Waals surface area contributed by atoms with Crippen molar-refractivity contribution >= 4 is 11.6 Å². The van der Waals surface area contributed by atoms with Crippen LogP contribution in [0.25, 0.3) is 0 Å². The minimum absolute atomic E-state index is 0.250. The summed E-state index contributed by atoms with van der Waals surface area (Å²) >= 11 is 5.99. The molecule has 4 heteroatoms. The zero-order chi connectivity index (χ0) is 11.3. The Labute approximate surface area is 95.7 Å². The van der Waals surface area contributed by atoms with Crippen molar-refractivity contribution in [3.8, 4) is 0 Å². The molecule has 1 aromatic heterocycles. The van der Waals surface area contributed by atoms with E-state index in [9.17, 15) is 0 Å². The summed E-state index contributed by atoms with van der Waals surface area (Å²) in [6.07, 6.45) is 3.92. The lowest BCUT2D eigenvalue weighted by molar-refractivity contribution is 0.163. The van der Waals surface area contributed by atoms with Crippen molar-refractivity contribution in [2.24, 2.45) is 0 Å². The molecule has 0 amide bonds. The molecule has 1 unspecified atom stereocenters. The smallest absolute Gasteiger partial charge is 0.0634 e. The highest BCUT2D eigenvalue weighted by molar-refractivity contribution is 6.31. The van der Waals surface area contributed by atoms with Crippen LogP contribution in [0.5, 0.6) is 0 Å². The number of pyridine rings is 1. The van der Waals surface area contributed by atoms with Crippen molar-refractivity contribution in [2.45, 2.75) is 26.0 Å². The van der Waals surface area contributed by atoms with E-state index in [4.69, 9.17) is 16.7 Å². The van der Waals surface area contributed by atoms with Crippen LogP contribution in [-0.4, -0.2) is 34.7 Å². The maximum atomic E-state index is 9.16. The Morgan fingerprint density at radius 3 is 2.93 bits per heavy atom. The van der Waals surface area contributed by atoms with Crippen LogP contribution in [0.4, 0.5) is 0 Å². The molecule has 0 spiro atoms. The zero-order valence-corrected chi connectivity index (χ0v) is 9.91. The number of aromatic nitrogens is 1. The first-order valence-corrected chi connectivity index (χ1v) is 5.42. The van der Waals surface area contributed by atoms with E-state index in [0.29, 0.717) is 5.02 Å². The molecule has 0 aliphatic heterocycles. The molecule has 0 saturated heterocycles. The minimum atomic E-state index is -0.250. The topological polar surface area (TPSA) is 36.4 Å². The molecule has 84 valence electrons. The van der Waals surface area contributed by atoms with Crippen LogP contribution < -0.4 is 0 Å². The van der Waals surface area contributed by atoms with Crippen LogP contribution in [0.2, 0.25) is 5.02 Å². The molecule has 1 atom stereocenters. The molecule has 0 aliphatic rings. The molecule has 1 rings (SSSR count). The fourth-order valence-corrected chi connectivity index (χ4v) is 1.49. The van der Waals surface area contributed by atoms with Gasteiger partial charge in [0.25, 0.3) is 0 Å². The lowest BCUT2D eigenvalue weighted by Crippen LogP contribution is -2.22. The van der Waals surface area contributed by atoms with E-state index in [1.165, 1.54) is 0 Å². The molecule has 1 N–H and O–H groups in total. The third-order valence-electron chi connectivity index (χ3n) is 2.23. The maximum absolute atomic E-state index is 9.16. The number of rotatable bonds is 5. The van der Waals surface area contributed by atoms with Crippen molar-refractivity contribution in [1.29, 1.82) is 0 Å². The molecule has 0 bridgehead atoms. The Morgan fingerprint density at radius 2 is 2.33 bits per heavy atom. The normalized spacial score (nSPS) is 13.1. The second-order valence-corrected chi connectivity index (χ2v) is 4.25. The van der Waals surface area contributed by atoms with Crippen LogP contribution in [-0.2, 0) is 6.54 Å². The average molecular weight is 229 g/mol. The summed E-state index contributed by atoms with van der Waals surface area (Å²) in [6, 6.07) is 1.92.